The van der Waals surface area contributed by atoms with Gasteiger partial charge in [0.25, 0.3) is 0 Å². The molecular formula is C14H15FN2O2. The molecule has 0 saturated heterocycles. The fraction of sp³-hybridized carbons (Fsp3) is 0.214. The van der Waals surface area contributed by atoms with Crippen LogP contribution in [-0.2, 0) is 0 Å². The Bertz CT molecular complexity index is 563. The standard InChI is InChI=1S/C14H15FN2O2/c1-9-3-8-13(19-9)10(2)16-14(18)17-12-6-4-11(15)5-7-12/h3-8,10H,1-2H3,(H2,16,17,18)/t10-/m0/s1. The van der Waals surface area contributed by atoms with Gasteiger partial charge in [0.15, 0.2) is 0 Å². The van der Waals surface area contributed by atoms with Crippen LogP contribution in [0.2, 0.25) is 0 Å². The second-order valence-electron chi connectivity index (χ2n) is 4.28. The topological polar surface area (TPSA) is 54.3 Å². The molecule has 0 aliphatic carbocycles. The van der Waals surface area contributed by atoms with E-state index in [2.05, 4.69) is 10.6 Å². The molecule has 0 spiro atoms. The predicted molar refractivity (Wildman–Crippen MR) is 70.4 cm³/mol. The van der Waals surface area contributed by atoms with Crippen LogP contribution in [0.4, 0.5) is 14.9 Å². The van der Waals surface area contributed by atoms with Gasteiger partial charge in [-0.05, 0) is 50.2 Å². The molecule has 5 heteroatoms. The van der Waals surface area contributed by atoms with E-state index >= 15 is 0 Å². The van der Waals surface area contributed by atoms with Crippen LogP contribution in [0.5, 0.6) is 0 Å². The Kier molecular flexibility index (Phi) is 3.85. The summed E-state index contributed by atoms with van der Waals surface area (Å²) in [7, 11) is 0. The van der Waals surface area contributed by atoms with Gasteiger partial charge in [0, 0.05) is 5.69 Å². The van der Waals surface area contributed by atoms with Crippen LogP contribution in [0.15, 0.2) is 40.8 Å². The van der Waals surface area contributed by atoms with E-state index in [1.54, 1.807) is 0 Å². The number of rotatable bonds is 3. The lowest BCUT2D eigenvalue weighted by Crippen LogP contribution is -2.30. The summed E-state index contributed by atoms with van der Waals surface area (Å²) in [4.78, 5) is 11.7. The third-order valence-corrected chi connectivity index (χ3v) is 2.64. The number of urea groups is 1. The largest absolute Gasteiger partial charge is 0.464 e. The zero-order valence-electron chi connectivity index (χ0n) is 10.7. The van der Waals surface area contributed by atoms with Gasteiger partial charge >= 0.3 is 6.03 Å². The zero-order valence-corrected chi connectivity index (χ0v) is 10.7. The molecule has 2 N–H and O–H groups in total. The van der Waals surface area contributed by atoms with E-state index in [9.17, 15) is 9.18 Å². The van der Waals surface area contributed by atoms with Crippen molar-refractivity contribution in [1.82, 2.24) is 5.32 Å². The maximum atomic E-state index is 12.7. The Balaban J connectivity index is 1.92. The van der Waals surface area contributed by atoms with E-state index in [1.807, 2.05) is 26.0 Å². The summed E-state index contributed by atoms with van der Waals surface area (Å²) in [5.41, 5.74) is 0.529. The summed E-state index contributed by atoms with van der Waals surface area (Å²) in [6, 6.07) is 8.61. The first-order valence-electron chi connectivity index (χ1n) is 5.94. The molecule has 0 radical (unpaired) electrons. The summed E-state index contributed by atoms with van der Waals surface area (Å²) >= 11 is 0. The van der Waals surface area contributed by atoms with E-state index < -0.39 is 0 Å². The molecule has 0 fully saturated rings. The van der Waals surface area contributed by atoms with Gasteiger partial charge in [0.1, 0.15) is 17.3 Å². The van der Waals surface area contributed by atoms with Crippen molar-refractivity contribution >= 4 is 11.7 Å². The zero-order chi connectivity index (χ0) is 13.8. The SMILES string of the molecule is Cc1ccc([C@H](C)NC(=O)Nc2ccc(F)cc2)o1. The van der Waals surface area contributed by atoms with Crippen LogP contribution >= 0.6 is 0 Å². The molecule has 0 aliphatic heterocycles. The summed E-state index contributed by atoms with van der Waals surface area (Å²) in [5, 5.41) is 5.35. The fourth-order valence-electron chi connectivity index (χ4n) is 1.65. The number of hydrogen-bond acceptors (Lipinski definition) is 2. The fourth-order valence-corrected chi connectivity index (χ4v) is 1.65. The summed E-state index contributed by atoms with van der Waals surface area (Å²) in [6.07, 6.45) is 0. The van der Waals surface area contributed by atoms with Gasteiger partial charge in [-0.1, -0.05) is 0 Å². The predicted octanol–water partition coefficient (Wildman–Crippen LogP) is 3.61. The van der Waals surface area contributed by atoms with Crippen LogP contribution in [0, 0.1) is 12.7 Å². The molecule has 2 rings (SSSR count). The van der Waals surface area contributed by atoms with E-state index in [0.29, 0.717) is 11.4 Å². The molecule has 0 unspecified atom stereocenters. The van der Waals surface area contributed by atoms with Crippen molar-refractivity contribution in [3.05, 3.63) is 53.7 Å². The Morgan fingerprint density at radius 1 is 1.21 bits per heavy atom. The van der Waals surface area contributed by atoms with Crippen molar-refractivity contribution in [2.45, 2.75) is 19.9 Å². The average molecular weight is 262 g/mol. The molecule has 1 heterocycles. The number of halogens is 1. The highest BCUT2D eigenvalue weighted by atomic mass is 19.1. The lowest BCUT2D eigenvalue weighted by atomic mass is 10.2. The molecule has 1 aromatic heterocycles. The summed E-state index contributed by atoms with van der Waals surface area (Å²) in [5.74, 6) is 1.14. The molecule has 0 bridgehead atoms. The number of hydrogen-bond donors (Lipinski definition) is 2. The Labute approximate surface area is 110 Å². The van der Waals surface area contributed by atoms with Crippen LogP contribution in [-0.4, -0.2) is 6.03 Å². The quantitative estimate of drug-likeness (QED) is 0.887. The first-order chi connectivity index (χ1) is 9.04. The Hall–Kier alpha value is -2.30. The molecule has 2 amide bonds. The van der Waals surface area contributed by atoms with Crippen molar-refractivity contribution in [2.24, 2.45) is 0 Å². The number of anilines is 1. The van der Waals surface area contributed by atoms with Crippen LogP contribution < -0.4 is 10.6 Å². The van der Waals surface area contributed by atoms with E-state index in [-0.39, 0.29) is 17.9 Å². The number of carbonyl (C=O) groups excluding carboxylic acids is 1. The molecular weight excluding hydrogens is 247 g/mol. The molecule has 0 saturated carbocycles. The lowest BCUT2D eigenvalue weighted by Gasteiger charge is -2.12. The van der Waals surface area contributed by atoms with Gasteiger partial charge < -0.3 is 15.1 Å². The highest BCUT2D eigenvalue weighted by molar-refractivity contribution is 5.89. The molecule has 19 heavy (non-hydrogen) atoms. The summed E-state index contributed by atoms with van der Waals surface area (Å²) < 4.78 is 18.1. The first-order valence-corrected chi connectivity index (χ1v) is 5.94. The van der Waals surface area contributed by atoms with Crippen molar-refractivity contribution < 1.29 is 13.6 Å². The maximum absolute atomic E-state index is 12.7. The van der Waals surface area contributed by atoms with Crippen LogP contribution in [0.3, 0.4) is 0 Å². The minimum atomic E-state index is -0.367. The monoisotopic (exact) mass is 262 g/mol. The smallest absolute Gasteiger partial charge is 0.319 e. The molecule has 0 aliphatic rings. The van der Waals surface area contributed by atoms with Gasteiger partial charge in [-0.2, -0.15) is 0 Å². The molecule has 4 nitrogen and oxygen atoms in total. The van der Waals surface area contributed by atoms with Crippen molar-refractivity contribution in [3.8, 4) is 0 Å². The molecule has 1 atom stereocenters. The summed E-state index contributed by atoms with van der Waals surface area (Å²) in [6.45, 7) is 3.66. The lowest BCUT2D eigenvalue weighted by molar-refractivity contribution is 0.247. The number of carbonyl (C=O) groups is 1. The van der Waals surface area contributed by atoms with Crippen molar-refractivity contribution in [2.75, 3.05) is 5.32 Å². The number of furan rings is 1. The van der Waals surface area contributed by atoms with Gasteiger partial charge in [-0.3, -0.25) is 0 Å². The number of benzene rings is 1. The second kappa shape index (κ2) is 5.56. The minimum Gasteiger partial charge on any atom is -0.464 e. The average Bonchev–Trinajstić information content (AvgIpc) is 2.79. The van der Waals surface area contributed by atoms with Gasteiger partial charge in [-0.25, -0.2) is 9.18 Å². The van der Waals surface area contributed by atoms with Crippen molar-refractivity contribution in [1.29, 1.82) is 0 Å². The first kappa shape index (κ1) is 13.1. The number of amides is 2. The Morgan fingerprint density at radius 2 is 1.89 bits per heavy atom. The maximum Gasteiger partial charge on any atom is 0.319 e. The minimum absolute atomic E-state index is 0.242. The molecule has 100 valence electrons. The van der Waals surface area contributed by atoms with Gasteiger partial charge in [0.05, 0.1) is 6.04 Å². The van der Waals surface area contributed by atoms with Crippen LogP contribution in [0.25, 0.3) is 0 Å². The Morgan fingerprint density at radius 3 is 2.47 bits per heavy atom. The van der Waals surface area contributed by atoms with E-state index in [1.165, 1.54) is 24.3 Å². The third kappa shape index (κ3) is 3.58. The number of nitrogens with one attached hydrogen (secondary N) is 2. The van der Waals surface area contributed by atoms with Crippen molar-refractivity contribution in [3.63, 3.8) is 0 Å². The van der Waals surface area contributed by atoms with E-state index in [4.69, 9.17) is 4.42 Å². The van der Waals surface area contributed by atoms with Gasteiger partial charge in [0.2, 0.25) is 0 Å². The van der Waals surface area contributed by atoms with Crippen LogP contribution in [0.1, 0.15) is 24.5 Å². The highest BCUT2D eigenvalue weighted by Crippen LogP contribution is 2.16. The van der Waals surface area contributed by atoms with E-state index in [0.717, 1.165) is 5.76 Å². The normalized spacial score (nSPS) is 11.9. The van der Waals surface area contributed by atoms with Gasteiger partial charge in [-0.15, -0.1) is 0 Å². The third-order valence-electron chi connectivity index (χ3n) is 2.64. The second-order valence-corrected chi connectivity index (χ2v) is 4.28. The number of aryl methyl sites for hydroxylation is 1. The molecule has 2 aromatic rings. The molecule has 1 aromatic carbocycles. The highest BCUT2D eigenvalue weighted by Gasteiger charge is 2.12.